The van der Waals surface area contributed by atoms with Crippen LogP contribution >= 0.6 is 15.9 Å². The Morgan fingerprint density at radius 1 is 1.31 bits per heavy atom. The Morgan fingerprint density at radius 3 is 2.73 bits per heavy atom. The molecule has 2 rings (SSSR count). The Labute approximate surface area is 161 Å². The van der Waals surface area contributed by atoms with E-state index in [1.54, 1.807) is 29.3 Å². The van der Waals surface area contributed by atoms with Crippen molar-refractivity contribution >= 4 is 27.7 Å². The molecular weight excluding hydrogens is 398 g/mol. The first-order valence-corrected chi connectivity index (χ1v) is 9.01. The van der Waals surface area contributed by atoms with Crippen molar-refractivity contribution < 1.29 is 14.3 Å². The zero-order valence-corrected chi connectivity index (χ0v) is 16.3. The van der Waals surface area contributed by atoms with Crippen molar-refractivity contribution in [2.24, 2.45) is 0 Å². The largest absolute Gasteiger partial charge is 0.493 e. The molecule has 0 saturated heterocycles. The van der Waals surface area contributed by atoms with Gasteiger partial charge in [-0.2, -0.15) is 5.26 Å². The quantitative estimate of drug-likeness (QED) is 0.608. The summed E-state index contributed by atoms with van der Waals surface area (Å²) >= 11 is 3.34. The van der Waals surface area contributed by atoms with Gasteiger partial charge < -0.3 is 9.47 Å². The lowest BCUT2D eigenvalue weighted by Gasteiger charge is -2.20. The van der Waals surface area contributed by atoms with Crippen LogP contribution in [0.4, 0.5) is 5.82 Å². The highest BCUT2D eigenvalue weighted by Crippen LogP contribution is 2.28. The molecule has 1 aromatic carbocycles. The number of rotatable bonds is 8. The Morgan fingerprint density at radius 2 is 2.12 bits per heavy atom. The fourth-order valence-electron chi connectivity index (χ4n) is 2.39. The predicted molar refractivity (Wildman–Crippen MR) is 102 cm³/mol. The second-order valence-corrected chi connectivity index (χ2v) is 6.32. The van der Waals surface area contributed by atoms with Gasteiger partial charge in [0.15, 0.2) is 11.5 Å². The number of carbonyl (C=O) groups excluding carboxylic acids is 1. The van der Waals surface area contributed by atoms with Crippen LogP contribution in [-0.4, -0.2) is 31.2 Å². The van der Waals surface area contributed by atoms with Gasteiger partial charge in [-0.15, -0.1) is 0 Å². The number of pyridine rings is 1. The summed E-state index contributed by atoms with van der Waals surface area (Å²) in [6.45, 7) is 2.84. The molecule has 0 N–H and O–H groups in total. The number of nitrogens with zero attached hydrogens (tertiary/aromatic N) is 3. The van der Waals surface area contributed by atoms with Gasteiger partial charge in [-0.05, 0) is 53.5 Å². The summed E-state index contributed by atoms with van der Waals surface area (Å²) in [4.78, 5) is 18.4. The highest BCUT2D eigenvalue weighted by Gasteiger charge is 2.15. The van der Waals surface area contributed by atoms with E-state index < -0.39 is 0 Å². The number of aromatic nitrogens is 1. The van der Waals surface area contributed by atoms with E-state index in [-0.39, 0.29) is 5.91 Å². The standard InChI is InChI=1S/C19H20BrN3O3/c1-3-23(18-9-7-15(20)13-22-18)19(24)5-4-10-26-16-8-6-14(12-21)11-17(16)25-2/h6-9,11,13H,3-5,10H2,1-2H3. The summed E-state index contributed by atoms with van der Waals surface area (Å²) in [5.41, 5.74) is 0.505. The molecule has 0 radical (unpaired) electrons. The van der Waals surface area contributed by atoms with Crippen molar-refractivity contribution in [3.8, 4) is 17.6 Å². The normalized spacial score (nSPS) is 10.1. The van der Waals surface area contributed by atoms with Crippen molar-refractivity contribution in [1.29, 1.82) is 5.26 Å². The Balaban J connectivity index is 1.88. The predicted octanol–water partition coefficient (Wildman–Crippen LogP) is 3.94. The van der Waals surface area contributed by atoms with Crippen LogP contribution < -0.4 is 14.4 Å². The summed E-state index contributed by atoms with van der Waals surface area (Å²) in [7, 11) is 1.53. The van der Waals surface area contributed by atoms with E-state index in [0.717, 1.165) is 4.47 Å². The summed E-state index contributed by atoms with van der Waals surface area (Å²) in [6, 6.07) is 10.7. The van der Waals surface area contributed by atoms with Gasteiger partial charge in [0.25, 0.3) is 0 Å². The number of hydrogen-bond donors (Lipinski definition) is 0. The maximum atomic E-state index is 12.4. The molecule has 6 nitrogen and oxygen atoms in total. The topological polar surface area (TPSA) is 75.5 Å². The fourth-order valence-corrected chi connectivity index (χ4v) is 2.63. The molecule has 7 heteroatoms. The molecule has 0 aliphatic carbocycles. The van der Waals surface area contributed by atoms with Crippen LogP contribution in [0.25, 0.3) is 0 Å². The minimum absolute atomic E-state index is 0.00211. The molecule has 0 aliphatic heterocycles. The summed E-state index contributed by atoms with van der Waals surface area (Å²) < 4.78 is 11.8. The van der Waals surface area contributed by atoms with Crippen molar-refractivity contribution in [2.45, 2.75) is 19.8 Å². The fraction of sp³-hybridized carbons (Fsp3) is 0.316. The molecule has 1 heterocycles. The van der Waals surface area contributed by atoms with Gasteiger partial charge in [0.1, 0.15) is 5.82 Å². The van der Waals surface area contributed by atoms with Crippen LogP contribution in [0, 0.1) is 11.3 Å². The lowest BCUT2D eigenvalue weighted by Crippen LogP contribution is -2.31. The van der Waals surface area contributed by atoms with Gasteiger partial charge in [-0.3, -0.25) is 9.69 Å². The van der Waals surface area contributed by atoms with E-state index in [0.29, 0.717) is 48.9 Å². The van der Waals surface area contributed by atoms with E-state index in [4.69, 9.17) is 14.7 Å². The molecular formula is C19H20BrN3O3. The maximum Gasteiger partial charge on any atom is 0.228 e. The van der Waals surface area contributed by atoms with Crippen LogP contribution in [-0.2, 0) is 4.79 Å². The molecule has 2 aromatic rings. The second kappa shape index (κ2) is 9.78. The second-order valence-electron chi connectivity index (χ2n) is 5.40. The zero-order valence-electron chi connectivity index (χ0n) is 14.7. The van der Waals surface area contributed by atoms with Crippen LogP contribution in [0.15, 0.2) is 41.0 Å². The number of carbonyl (C=O) groups is 1. The number of ether oxygens (including phenoxy) is 2. The molecule has 0 spiro atoms. The number of anilines is 1. The molecule has 0 unspecified atom stereocenters. The number of methoxy groups -OCH3 is 1. The van der Waals surface area contributed by atoms with E-state index in [1.165, 1.54) is 7.11 Å². The third kappa shape index (κ3) is 5.20. The van der Waals surface area contributed by atoms with Gasteiger partial charge in [0, 0.05) is 29.7 Å². The monoisotopic (exact) mass is 417 g/mol. The lowest BCUT2D eigenvalue weighted by molar-refractivity contribution is -0.118. The molecule has 136 valence electrons. The van der Waals surface area contributed by atoms with Crippen LogP contribution in [0.2, 0.25) is 0 Å². The average Bonchev–Trinajstić information content (AvgIpc) is 2.67. The Bertz CT molecular complexity index is 788. The van der Waals surface area contributed by atoms with Gasteiger partial charge >= 0.3 is 0 Å². The van der Waals surface area contributed by atoms with Gasteiger partial charge in [-0.25, -0.2) is 4.98 Å². The van der Waals surface area contributed by atoms with Gasteiger partial charge in [0.05, 0.1) is 25.3 Å². The molecule has 0 fully saturated rings. The molecule has 26 heavy (non-hydrogen) atoms. The number of amides is 1. The number of nitriles is 1. The smallest absolute Gasteiger partial charge is 0.228 e. The maximum absolute atomic E-state index is 12.4. The molecule has 0 aliphatic rings. The van der Waals surface area contributed by atoms with Crippen LogP contribution in [0.5, 0.6) is 11.5 Å². The van der Waals surface area contributed by atoms with Crippen LogP contribution in [0.3, 0.4) is 0 Å². The Kier molecular flexibility index (Phi) is 7.42. The number of halogens is 1. The summed E-state index contributed by atoms with van der Waals surface area (Å²) in [6.07, 6.45) is 2.59. The summed E-state index contributed by atoms with van der Waals surface area (Å²) in [5.74, 6) is 1.69. The lowest BCUT2D eigenvalue weighted by atomic mass is 10.2. The van der Waals surface area contributed by atoms with Crippen LogP contribution in [0.1, 0.15) is 25.3 Å². The first-order valence-electron chi connectivity index (χ1n) is 8.22. The minimum atomic E-state index is -0.00211. The molecule has 1 aromatic heterocycles. The highest BCUT2D eigenvalue weighted by atomic mass is 79.9. The third-order valence-electron chi connectivity index (χ3n) is 3.69. The van der Waals surface area contributed by atoms with E-state index >= 15 is 0 Å². The molecule has 0 atom stereocenters. The van der Waals surface area contributed by atoms with Gasteiger partial charge in [-0.1, -0.05) is 0 Å². The highest BCUT2D eigenvalue weighted by molar-refractivity contribution is 9.10. The van der Waals surface area contributed by atoms with Crippen molar-refractivity contribution in [2.75, 3.05) is 25.2 Å². The number of hydrogen-bond acceptors (Lipinski definition) is 5. The van der Waals surface area contributed by atoms with E-state index in [9.17, 15) is 4.79 Å². The van der Waals surface area contributed by atoms with E-state index in [2.05, 4.69) is 27.0 Å². The van der Waals surface area contributed by atoms with E-state index in [1.807, 2.05) is 19.1 Å². The van der Waals surface area contributed by atoms with Crippen molar-refractivity contribution in [1.82, 2.24) is 4.98 Å². The minimum Gasteiger partial charge on any atom is -0.493 e. The molecule has 0 bridgehead atoms. The zero-order chi connectivity index (χ0) is 18.9. The van der Waals surface area contributed by atoms with Gasteiger partial charge in [0.2, 0.25) is 5.91 Å². The first-order chi connectivity index (χ1) is 12.6. The average molecular weight is 418 g/mol. The molecule has 0 saturated carbocycles. The number of benzene rings is 1. The SMILES string of the molecule is CCN(C(=O)CCCOc1ccc(C#N)cc1OC)c1ccc(Br)cn1. The van der Waals surface area contributed by atoms with Crippen molar-refractivity contribution in [3.05, 3.63) is 46.6 Å². The first kappa shape index (κ1) is 19.7. The van der Waals surface area contributed by atoms with Crippen molar-refractivity contribution in [3.63, 3.8) is 0 Å². The third-order valence-corrected chi connectivity index (χ3v) is 4.16. The summed E-state index contributed by atoms with van der Waals surface area (Å²) in [5, 5.41) is 8.91. The molecule has 1 amide bonds. The Hall–Kier alpha value is -2.59.